The van der Waals surface area contributed by atoms with Crippen LogP contribution in [-0.2, 0) is 4.74 Å². The summed E-state index contributed by atoms with van der Waals surface area (Å²) in [5.74, 6) is 0.475. The van der Waals surface area contributed by atoms with Crippen LogP contribution in [0.1, 0.15) is 13.3 Å². The highest BCUT2D eigenvalue weighted by molar-refractivity contribution is 5.63. The minimum atomic E-state index is -0.725. The van der Waals surface area contributed by atoms with E-state index in [1.165, 1.54) is 24.3 Å². The van der Waals surface area contributed by atoms with Gasteiger partial charge in [-0.25, -0.2) is 4.79 Å². The number of phenolic OH excluding ortho intramolecular Hbond substituents is 1. The molecule has 0 fully saturated rings. The molecular formula is C10H12O4. The van der Waals surface area contributed by atoms with E-state index in [-0.39, 0.29) is 5.75 Å². The molecule has 0 saturated heterocycles. The maximum Gasteiger partial charge on any atom is 0.513 e. The second-order valence-electron chi connectivity index (χ2n) is 2.69. The van der Waals surface area contributed by atoms with Crippen molar-refractivity contribution in [1.82, 2.24) is 0 Å². The molecule has 0 spiro atoms. The average molecular weight is 196 g/mol. The average Bonchev–Trinajstić information content (AvgIpc) is 2.18. The number of aromatic hydroxyl groups is 1. The second-order valence-corrected chi connectivity index (χ2v) is 2.69. The summed E-state index contributed by atoms with van der Waals surface area (Å²) in [4.78, 5) is 10.9. The van der Waals surface area contributed by atoms with E-state index in [4.69, 9.17) is 14.6 Å². The van der Waals surface area contributed by atoms with Crippen molar-refractivity contribution in [2.45, 2.75) is 13.3 Å². The number of hydrogen-bond acceptors (Lipinski definition) is 4. The van der Waals surface area contributed by atoms with E-state index in [0.717, 1.165) is 6.42 Å². The minimum absolute atomic E-state index is 0.124. The Bertz CT molecular complexity index is 291. The molecule has 0 aliphatic rings. The summed E-state index contributed by atoms with van der Waals surface area (Å²) < 4.78 is 9.50. The predicted molar refractivity (Wildman–Crippen MR) is 50.4 cm³/mol. The molecule has 76 valence electrons. The van der Waals surface area contributed by atoms with Gasteiger partial charge in [0.1, 0.15) is 11.5 Å². The van der Waals surface area contributed by atoms with Crippen molar-refractivity contribution < 1.29 is 19.4 Å². The lowest BCUT2D eigenvalue weighted by atomic mass is 10.3. The summed E-state index contributed by atoms with van der Waals surface area (Å²) in [6.45, 7) is 2.24. The van der Waals surface area contributed by atoms with E-state index in [9.17, 15) is 4.79 Å². The SMILES string of the molecule is CCCOC(=O)Oc1ccc(O)cc1. The van der Waals surface area contributed by atoms with Crippen molar-refractivity contribution in [2.24, 2.45) is 0 Å². The summed E-state index contributed by atoms with van der Waals surface area (Å²) in [6.07, 6.45) is 0.0301. The zero-order valence-corrected chi connectivity index (χ0v) is 7.90. The molecule has 0 bridgehead atoms. The molecule has 0 saturated carbocycles. The molecule has 0 aliphatic carbocycles. The van der Waals surface area contributed by atoms with Crippen LogP contribution in [0.3, 0.4) is 0 Å². The Morgan fingerprint density at radius 3 is 2.57 bits per heavy atom. The van der Waals surface area contributed by atoms with Gasteiger partial charge in [0.25, 0.3) is 0 Å². The molecule has 0 atom stereocenters. The highest BCUT2D eigenvalue weighted by Gasteiger charge is 2.04. The van der Waals surface area contributed by atoms with Crippen LogP contribution in [0.5, 0.6) is 11.5 Å². The maximum absolute atomic E-state index is 10.9. The van der Waals surface area contributed by atoms with E-state index in [0.29, 0.717) is 12.4 Å². The summed E-state index contributed by atoms with van der Waals surface area (Å²) in [6, 6.07) is 5.84. The Balaban J connectivity index is 2.44. The third-order valence-corrected chi connectivity index (χ3v) is 1.46. The number of ether oxygens (including phenoxy) is 2. The monoisotopic (exact) mass is 196 g/mol. The first-order valence-electron chi connectivity index (χ1n) is 4.36. The van der Waals surface area contributed by atoms with Gasteiger partial charge in [-0.1, -0.05) is 6.92 Å². The Hall–Kier alpha value is -1.71. The Morgan fingerprint density at radius 1 is 1.36 bits per heavy atom. The largest absolute Gasteiger partial charge is 0.513 e. The first-order valence-corrected chi connectivity index (χ1v) is 4.36. The van der Waals surface area contributed by atoms with E-state index < -0.39 is 6.16 Å². The van der Waals surface area contributed by atoms with Gasteiger partial charge in [-0.2, -0.15) is 0 Å². The predicted octanol–water partition coefficient (Wildman–Crippen LogP) is 2.32. The molecule has 1 aromatic carbocycles. The highest BCUT2D eigenvalue weighted by Crippen LogP contribution is 2.16. The van der Waals surface area contributed by atoms with Crippen molar-refractivity contribution >= 4 is 6.16 Å². The quantitative estimate of drug-likeness (QED) is 0.595. The van der Waals surface area contributed by atoms with Crippen molar-refractivity contribution in [3.8, 4) is 11.5 Å². The topological polar surface area (TPSA) is 55.8 Å². The van der Waals surface area contributed by atoms with Gasteiger partial charge in [0.05, 0.1) is 6.61 Å². The van der Waals surface area contributed by atoms with Crippen molar-refractivity contribution in [3.05, 3.63) is 24.3 Å². The zero-order chi connectivity index (χ0) is 10.4. The number of rotatable bonds is 3. The molecule has 1 aromatic rings. The smallest absolute Gasteiger partial charge is 0.508 e. The number of carbonyl (C=O) groups excluding carboxylic acids is 1. The molecule has 0 heterocycles. The van der Waals surface area contributed by atoms with Crippen LogP contribution in [0.15, 0.2) is 24.3 Å². The standard InChI is InChI=1S/C10H12O4/c1-2-7-13-10(12)14-9-5-3-8(11)4-6-9/h3-6,11H,2,7H2,1H3. The molecule has 0 aromatic heterocycles. The van der Waals surface area contributed by atoms with Crippen molar-refractivity contribution in [3.63, 3.8) is 0 Å². The van der Waals surface area contributed by atoms with E-state index in [1.54, 1.807) is 0 Å². The molecule has 0 unspecified atom stereocenters. The van der Waals surface area contributed by atoms with E-state index >= 15 is 0 Å². The number of carbonyl (C=O) groups is 1. The lowest BCUT2D eigenvalue weighted by molar-refractivity contribution is 0.0991. The van der Waals surface area contributed by atoms with Crippen molar-refractivity contribution in [2.75, 3.05) is 6.61 Å². The number of phenols is 1. The van der Waals surface area contributed by atoms with Crippen LogP contribution in [0.2, 0.25) is 0 Å². The zero-order valence-electron chi connectivity index (χ0n) is 7.90. The molecule has 4 nitrogen and oxygen atoms in total. The fourth-order valence-electron chi connectivity index (χ4n) is 0.825. The van der Waals surface area contributed by atoms with Gasteiger partial charge in [-0.15, -0.1) is 0 Å². The van der Waals surface area contributed by atoms with Gasteiger partial charge in [-0.3, -0.25) is 0 Å². The summed E-state index contributed by atoms with van der Waals surface area (Å²) in [5.41, 5.74) is 0. The van der Waals surface area contributed by atoms with E-state index in [1.807, 2.05) is 6.92 Å². The van der Waals surface area contributed by atoms with Gasteiger partial charge in [0, 0.05) is 0 Å². The third-order valence-electron chi connectivity index (χ3n) is 1.46. The van der Waals surface area contributed by atoms with Gasteiger partial charge in [-0.05, 0) is 30.7 Å². The van der Waals surface area contributed by atoms with Crippen LogP contribution >= 0.6 is 0 Å². The minimum Gasteiger partial charge on any atom is -0.508 e. The summed E-state index contributed by atoms with van der Waals surface area (Å²) in [7, 11) is 0. The number of hydrogen-bond donors (Lipinski definition) is 1. The lowest BCUT2D eigenvalue weighted by Crippen LogP contribution is -2.10. The molecule has 4 heteroatoms. The Morgan fingerprint density at radius 2 is 2.00 bits per heavy atom. The van der Waals surface area contributed by atoms with Crippen LogP contribution in [0.4, 0.5) is 4.79 Å². The first-order chi connectivity index (χ1) is 6.72. The maximum atomic E-state index is 10.9. The van der Waals surface area contributed by atoms with Gasteiger partial charge in [0.2, 0.25) is 0 Å². The van der Waals surface area contributed by atoms with Crippen molar-refractivity contribution in [1.29, 1.82) is 0 Å². The highest BCUT2D eigenvalue weighted by atomic mass is 16.7. The molecular weight excluding hydrogens is 184 g/mol. The second kappa shape index (κ2) is 5.11. The van der Waals surface area contributed by atoms with E-state index in [2.05, 4.69) is 0 Å². The van der Waals surface area contributed by atoms with Crippen LogP contribution in [0.25, 0.3) is 0 Å². The molecule has 0 radical (unpaired) electrons. The fraction of sp³-hybridized carbons (Fsp3) is 0.300. The van der Waals surface area contributed by atoms with Gasteiger partial charge in [0.15, 0.2) is 0 Å². The van der Waals surface area contributed by atoms with Crippen LogP contribution < -0.4 is 4.74 Å². The molecule has 1 N–H and O–H groups in total. The Labute approximate surface area is 82.1 Å². The van der Waals surface area contributed by atoms with Crippen LogP contribution in [-0.4, -0.2) is 17.9 Å². The molecule has 0 amide bonds. The molecule has 1 rings (SSSR count). The normalized spacial score (nSPS) is 9.50. The Kier molecular flexibility index (Phi) is 3.79. The molecule has 0 aliphatic heterocycles. The summed E-state index contributed by atoms with van der Waals surface area (Å²) in [5, 5.41) is 8.96. The molecule has 14 heavy (non-hydrogen) atoms. The first kappa shape index (κ1) is 10.4. The summed E-state index contributed by atoms with van der Waals surface area (Å²) >= 11 is 0. The van der Waals surface area contributed by atoms with Gasteiger partial charge >= 0.3 is 6.16 Å². The third kappa shape index (κ3) is 3.35. The van der Waals surface area contributed by atoms with Crippen LogP contribution in [0, 0.1) is 0 Å². The fourth-order valence-corrected chi connectivity index (χ4v) is 0.825. The number of benzene rings is 1. The lowest BCUT2D eigenvalue weighted by Gasteiger charge is -2.04. The van der Waals surface area contributed by atoms with Gasteiger partial charge < -0.3 is 14.6 Å².